The van der Waals surface area contributed by atoms with Gasteiger partial charge in [0, 0.05) is 0 Å². The summed E-state index contributed by atoms with van der Waals surface area (Å²) in [7, 11) is 0. The summed E-state index contributed by atoms with van der Waals surface area (Å²) in [5.74, 6) is 0. The lowest BCUT2D eigenvalue weighted by molar-refractivity contribution is 0.772. The molecule has 0 fully saturated rings. The molecular weight excluding hydrogens is 72.1 g/mol. The molecule has 0 amide bonds. The van der Waals surface area contributed by atoms with Gasteiger partial charge in [0.2, 0.25) is 0 Å². The minimum Gasteiger partial charge on any atom is -0.0776 e. The van der Waals surface area contributed by atoms with Crippen LogP contribution >= 0.6 is 0 Å². The summed E-state index contributed by atoms with van der Waals surface area (Å²) in [5, 5.41) is 0. The molecule has 0 unspecified atom stereocenters. The van der Waals surface area contributed by atoms with Crippen LogP contribution in [0.2, 0.25) is 0 Å². The maximum atomic E-state index is 2.21. The van der Waals surface area contributed by atoms with Crippen molar-refractivity contribution in [1.82, 2.24) is 0 Å². The maximum absolute atomic E-state index is 2.21. The Balaban J connectivity index is 0. The van der Waals surface area contributed by atoms with Crippen LogP contribution in [0.1, 0.15) is 40.5 Å². The van der Waals surface area contributed by atoms with E-state index in [9.17, 15) is 0 Å². The normalized spacial score (nSPS) is 7.00. The molecule has 0 saturated heterocycles. The van der Waals surface area contributed by atoms with Gasteiger partial charge in [-0.2, -0.15) is 0 Å². The summed E-state index contributed by atoms with van der Waals surface area (Å²) in [4.78, 5) is 0. The zero-order chi connectivity index (χ0) is 4.12. The van der Waals surface area contributed by atoms with E-state index in [0.717, 1.165) is 0 Å². The van der Waals surface area contributed by atoms with Crippen molar-refractivity contribution in [1.29, 1.82) is 0 Å². The highest BCUT2D eigenvalue weighted by Crippen LogP contribution is 1.88. The molecule has 40 valence electrons. The number of hydrogen-bond donors (Lipinski definition) is 0. The van der Waals surface area contributed by atoms with Crippen molar-refractivity contribution in [2.45, 2.75) is 40.5 Å². The van der Waals surface area contributed by atoms with Gasteiger partial charge in [-0.05, 0) is 0 Å². The van der Waals surface area contributed by atoms with E-state index >= 15 is 0 Å². The third kappa shape index (κ3) is 9.00. The van der Waals surface area contributed by atoms with E-state index in [1.165, 1.54) is 19.3 Å². The molecule has 0 aromatic heterocycles. The summed E-state index contributed by atoms with van der Waals surface area (Å²) in [6, 6.07) is 0. The first kappa shape index (κ1) is 9.38. The monoisotopic (exact) mass is 88.1 g/mol. The first-order valence-electron chi connectivity index (χ1n) is 2.41. The molecule has 0 rings (SSSR count). The average molecular weight is 88.2 g/mol. The quantitative estimate of drug-likeness (QED) is 0.487. The standard InChI is InChI=1S/C5H12.CH4/c1-3-5-4-2;/h3-5H2,1-2H3;1H4. The Hall–Kier alpha value is 0. The van der Waals surface area contributed by atoms with Gasteiger partial charge in [0.25, 0.3) is 0 Å². The van der Waals surface area contributed by atoms with Crippen LogP contribution in [0.3, 0.4) is 0 Å². The predicted octanol–water partition coefficient (Wildman–Crippen LogP) is 2.83. The van der Waals surface area contributed by atoms with Crippen LogP contribution in [-0.2, 0) is 0 Å². The van der Waals surface area contributed by atoms with Crippen LogP contribution in [0.4, 0.5) is 0 Å². The van der Waals surface area contributed by atoms with Gasteiger partial charge in [0.15, 0.2) is 0 Å². The highest BCUT2D eigenvalue weighted by atomic mass is 13.7. The van der Waals surface area contributed by atoms with Crippen LogP contribution in [-0.4, -0.2) is 0 Å². The largest absolute Gasteiger partial charge is 0.0776 e. The second kappa shape index (κ2) is 8.89. The Morgan fingerprint density at radius 1 is 1.00 bits per heavy atom. The van der Waals surface area contributed by atoms with Gasteiger partial charge in [-0.25, -0.2) is 0 Å². The van der Waals surface area contributed by atoms with Crippen LogP contribution in [0.25, 0.3) is 0 Å². The van der Waals surface area contributed by atoms with E-state index in [-0.39, 0.29) is 7.43 Å². The molecular formula is C6H16. The highest BCUT2D eigenvalue weighted by Gasteiger charge is 1.68. The van der Waals surface area contributed by atoms with Crippen LogP contribution in [0, 0.1) is 0 Å². The molecule has 0 N–H and O–H groups in total. The third-order valence-electron chi connectivity index (χ3n) is 0.707. The number of unbranched alkanes of at least 4 members (excludes halogenated alkanes) is 2. The van der Waals surface area contributed by atoms with E-state index < -0.39 is 0 Å². The molecule has 6 heavy (non-hydrogen) atoms. The second-order valence-corrected chi connectivity index (χ2v) is 1.35. The fraction of sp³-hybridized carbons (Fsp3) is 1.00. The fourth-order valence-corrected chi connectivity index (χ4v) is 0.354. The SMILES string of the molecule is C.CCCCC. The Morgan fingerprint density at radius 2 is 1.33 bits per heavy atom. The van der Waals surface area contributed by atoms with Gasteiger partial charge in [0.1, 0.15) is 0 Å². The first-order valence-corrected chi connectivity index (χ1v) is 2.41. The van der Waals surface area contributed by atoms with Crippen molar-refractivity contribution < 1.29 is 0 Å². The van der Waals surface area contributed by atoms with E-state index in [1.54, 1.807) is 0 Å². The molecule has 0 spiro atoms. The summed E-state index contributed by atoms with van der Waals surface area (Å²) in [5.41, 5.74) is 0. The predicted molar refractivity (Wildman–Crippen MR) is 31.9 cm³/mol. The third-order valence-corrected chi connectivity index (χ3v) is 0.707. The topological polar surface area (TPSA) is 0 Å². The van der Waals surface area contributed by atoms with Gasteiger partial charge >= 0.3 is 0 Å². The first-order chi connectivity index (χ1) is 2.41. The van der Waals surface area contributed by atoms with Gasteiger partial charge in [-0.1, -0.05) is 40.5 Å². The van der Waals surface area contributed by atoms with Gasteiger partial charge in [-0.3, -0.25) is 0 Å². The molecule has 0 aliphatic rings. The number of rotatable bonds is 2. The zero-order valence-corrected chi connectivity index (χ0v) is 4.12. The lowest BCUT2D eigenvalue weighted by Gasteiger charge is -1.79. The molecule has 0 aliphatic carbocycles. The van der Waals surface area contributed by atoms with E-state index in [1.807, 2.05) is 0 Å². The van der Waals surface area contributed by atoms with E-state index in [4.69, 9.17) is 0 Å². The zero-order valence-electron chi connectivity index (χ0n) is 4.12. The molecule has 0 aromatic rings. The molecule has 0 saturated carbocycles. The van der Waals surface area contributed by atoms with Gasteiger partial charge in [-0.15, -0.1) is 0 Å². The Kier molecular flexibility index (Phi) is 13.9. The van der Waals surface area contributed by atoms with Gasteiger partial charge in [0.05, 0.1) is 0 Å². The molecule has 0 aromatic carbocycles. The summed E-state index contributed by atoms with van der Waals surface area (Å²) in [6.07, 6.45) is 4.08. The summed E-state index contributed by atoms with van der Waals surface area (Å²) >= 11 is 0. The highest BCUT2D eigenvalue weighted by molar-refractivity contribution is 4.24. The van der Waals surface area contributed by atoms with Gasteiger partial charge < -0.3 is 0 Å². The minimum atomic E-state index is 0. The summed E-state index contributed by atoms with van der Waals surface area (Å²) in [6.45, 7) is 4.42. The smallest absolute Gasteiger partial charge is 0.0538 e. The maximum Gasteiger partial charge on any atom is -0.0538 e. The Morgan fingerprint density at radius 3 is 1.33 bits per heavy atom. The van der Waals surface area contributed by atoms with Crippen molar-refractivity contribution in [2.24, 2.45) is 0 Å². The molecule has 0 atom stereocenters. The molecule has 0 nitrogen and oxygen atoms in total. The molecule has 0 heteroatoms. The molecule has 0 aliphatic heterocycles. The summed E-state index contributed by atoms with van der Waals surface area (Å²) < 4.78 is 0. The van der Waals surface area contributed by atoms with Crippen molar-refractivity contribution in [3.63, 3.8) is 0 Å². The lowest BCUT2D eigenvalue weighted by Crippen LogP contribution is -1.59. The Bertz CT molecular complexity index is 7.51. The molecule has 0 heterocycles. The molecule has 0 bridgehead atoms. The Labute approximate surface area is 41.6 Å². The number of hydrogen-bond acceptors (Lipinski definition) is 0. The van der Waals surface area contributed by atoms with Crippen molar-refractivity contribution in [3.8, 4) is 0 Å². The average Bonchev–Trinajstić information content (AvgIpc) is 1.41. The van der Waals surface area contributed by atoms with Crippen molar-refractivity contribution in [2.75, 3.05) is 0 Å². The minimum absolute atomic E-state index is 0. The van der Waals surface area contributed by atoms with Crippen LogP contribution in [0.5, 0.6) is 0 Å². The van der Waals surface area contributed by atoms with E-state index in [0.29, 0.717) is 0 Å². The van der Waals surface area contributed by atoms with Crippen molar-refractivity contribution in [3.05, 3.63) is 0 Å². The molecule has 0 radical (unpaired) electrons. The lowest BCUT2D eigenvalue weighted by atomic mass is 10.3. The van der Waals surface area contributed by atoms with E-state index in [2.05, 4.69) is 13.8 Å². The second-order valence-electron chi connectivity index (χ2n) is 1.35. The van der Waals surface area contributed by atoms with Crippen LogP contribution in [0.15, 0.2) is 0 Å². The van der Waals surface area contributed by atoms with Crippen molar-refractivity contribution >= 4 is 0 Å². The fourth-order valence-electron chi connectivity index (χ4n) is 0.354. The van der Waals surface area contributed by atoms with Crippen LogP contribution < -0.4 is 0 Å².